The van der Waals surface area contributed by atoms with E-state index in [0.29, 0.717) is 5.95 Å². The Kier molecular flexibility index (Phi) is 7.77. The van der Waals surface area contributed by atoms with E-state index >= 15 is 0 Å². The van der Waals surface area contributed by atoms with Crippen LogP contribution < -0.4 is 10.6 Å². The smallest absolute Gasteiger partial charge is 0.405 e. The number of aromatic nitrogens is 6. The van der Waals surface area contributed by atoms with Gasteiger partial charge in [-0.1, -0.05) is 18.9 Å². The summed E-state index contributed by atoms with van der Waals surface area (Å²) in [6.07, 6.45) is 9.83. The highest BCUT2D eigenvalue weighted by atomic mass is 19.1. The Hall–Kier alpha value is -4.02. The van der Waals surface area contributed by atoms with Gasteiger partial charge in [0.2, 0.25) is 5.95 Å². The highest BCUT2D eigenvalue weighted by molar-refractivity contribution is 5.66. The molecule has 2 aliphatic rings. The van der Waals surface area contributed by atoms with Gasteiger partial charge in [-0.15, -0.1) is 0 Å². The lowest BCUT2D eigenvalue weighted by atomic mass is 10.2. The van der Waals surface area contributed by atoms with Crippen LogP contribution in [0.5, 0.6) is 0 Å². The van der Waals surface area contributed by atoms with Gasteiger partial charge < -0.3 is 15.7 Å². The number of H-pyrrole nitrogens is 1. The fraction of sp³-hybridized carbons (Fsp3) is 0.400. The molecule has 1 amide bonds. The Morgan fingerprint density at radius 2 is 1.94 bits per heavy atom. The van der Waals surface area contributed by atoms with Crippen molar-refractivity contribution < 1.29 is 14.3 Å². The van der Waals surface area contributed by atoms with Crippen LogP contribution in [-0.4, -0.2) is 52.5 Å². The van der Waals surface area contributed by atoms with E-state index in [-0.39, 0.29) is 5.54 Å². The van der Waals surface area contributed by atoms with Crippen molar-refractivity contribution in [2.45, 2.75) is 64.1 Å². The Morgan fingerprint density at radius 1 is 1.17 bits per heavy atom. The minimum atomic E-state index is -0.912. The summed E-state index contributed by atoms with van der Waals surface area (Å²) in [7, 11) is 0. The predicted molar refractivity (Wildman–Crippen MR) is 135 cm³/mol. The molecule has 0 unspecified atom stereocenters. The summed E-state index contributed by atoms with van der Waals surface area (Å²) in [5.41, 5.74) is 3.23. The largest absolute Gasteiger partial charge is 0.465 e. The number of halogens is 1. The molecule has 4 N–H and O–H groups in total. The van der Waals surface area contributed by atoms with Crippen molar-refractivity contribution in [2.24, 2.45) is 0 Å². The first kappa shape index (κ1) is 25.1. The van der Waals surface area contributed by atoms with Crippen LogP contribution in [0.15, 0.2) is 48.9 Å². The topological polar surface area (TPSA) is 133 Å². The first-order valence-corrected chi connectivity index (χ1v) is 12.0. The number of carboxylic acid groups (broad SMARTS) is 1. The summed E-state index contributed by atoms with van der Waals surface area (Å²) in [5, 5.41) is 20.6. The molecule has 36 heavy (non-hydrogen) atoms. The molecule has 0 spiro atoms. The van der Waals surface area contributed by atoms with E-state index in [1.165, 1.54) is 0 Å². The van der Waals surface area contributed by atoms with Gasteiger partial charge in [0.15, 0.2) is 0 Å². The summed E-state index contributed by atoms with van der Waals surface area (Å²) in [5.74, 6) is 1.42. The van der Waals surface area contributed by atoms with Crippen LogP contribution >= 0.6 is 0 Å². The number of nitrogens with one attached hydrogen (secondary N) is 3. The van der Waals surface area contributed by atoms with E-state index in [4.69, 9.17) is 5.11 Å². The van der Waals surface area contributed by atoms with E-state index in [1.54, 1.807) is 12.4 Å². The lowest BCUT2D eigenvalue weighted by molar-refractivity contribution is 0.189. The highest BCUT2D eigenvalue weighted by Crippen LogP contribution is 2.33. The molecule has 2 fully saturated rings. The van der Waals surface area contributed by atoms with E-state index in [2.05, 4.69) is 35.8 Å². The molecule has 0 saturated heterocycles. The minimum absolute atomic E-state index is 0.0775. The summed E-state index contributed by atoms with van der Waals surface area (Å²) in [4.78, 5) is 23.5. The second kappa shape index (κ2) is 11.1. The number of hydrogen-bond donors (Lipinski definition) is 4. The van der Waals surface area contributed by atoms with Gasteiger partial charge in [-0.3, -0.25) is 14.5 Å². The fourth-order valence-electron chi connectivity index (χ4n) is 3.74. The lowest BCUT2D eigenvalue weighted by Crippen LogP contribution is -2.32. The Labute approximate surface area is 208 Å². The number of fused-ring (bicyclic) bond motifs is 1. The molecule has 0 radical (unpaired) electrons. The molecule has 4 heterocycles. The molecular weight excluding hydrogens is 463 g/mol. The molecule has 4 aromatic rings. The van der Waals surface area contributed by atoms with Gasteiger partial charge in [-0.25, -0.2) is 19.2 Å². The second-order valence-corrected chi connectivity index (χ2v) is 9.26. The average Bonchev–Trinajstić information content (AvgIpc) is 3.29. The lowest BCUT2D eigenvalue weighted by Gasteiger charge is -2.08. The van der Waals surface area contributed by atoms with Gasteiger partial charge in [0.05, 0.1) is 23.3 Å². The first-order valence-electron chi connectivity index (χ1n) is 12.0. The van der Waals surface area contributed by atoms with Crippen molar-refractivity contribution in [2.75, 3.05) is 5.32 Å². The van der Waals surface area contributed by atoms with Crippen molar-refractivity contribution >= 4 is 23.5 Å². The predicted octanol–water partition coefficient (Wildman–Crippen LogP) is 5.27. The van der Waals surface area contributed by atoms with Crippen molar-refractivity contribution in [3.8, 4) is 11.4 Å². The number of aromatic amines is 1. The van der Waals surface area contributed by atoms with Gasteiger partial charge in [0, 0.05) is 30.1 Å². The van der Waals surface area contributed by atoms with Crippen LogP contribution in [-0.2, 0) is 0 Å². The van der Waals surface area contributed by atoms with Crippen LogP contribution in [0.1, 0.15) is 51.1 Å². The summed E-state index contributed by atoms with van der Waals surface area (Å²) >= 11 is 0. The van der Waals surface area contributed by atoms with Crippen LogP contribution in [0.2, 0.25) is 0 Å². The number of pyridine rings is 1. The van der Waals surface area contributed by atoms with Gasteiger partial charge in [0.25, 0.3) is 0 Å². The molecule has 4 aromatic heterocycles. The average molecular weight is 495 g/mol. The number of carbonyl (C=O) groups is 1. The summed E-state index contributed by atoms with van der Waals surface area (Å²) in [6, 6.07) is 9.51. The number of amides is 1. The second-order valence-electron chi connectivity index (χ2n) is 9.26. The molecule has 11 heteroatoms. The third-order valence-electron chi connectivity index (χ3n) is 5.94. The molecule has 0 bridgehead atoms. The molecule has 190 valence electrons. The minimum Gasteiger partial charge on any atom is -0.465 e. The highest BCUT2D eigenvalue weighted by Gasteiger charge is 2.38. The van der Waals surface area contributed by atoms with Crippen molar-refractivity contribution in [3.63, 3.8) is 0 Å². The third kappa shape index (κ3) is 7.00. The van der Waals surface area contributed by atoms with Gasteiger partial charge in [-0.05, 0) is 51.7 Å². The maximum atomic E-state index is 11.9. The zero-order chi connectivity index (χ0) is 25.5. The molecule has 0 atom stereocenters. The number of alkyl halides is 1. The van der Waals surface area contributed by atoms with Crippen LogP contribution in [0.25, 0.3) is 17.0 Å². The van der Waals surface area contributed by atoms with E-state index < -0.39 is 12.3 Å². The number of aryl methyl sites for hydroxylation is 1. The SMILES string of the molecule is CC1(NC(=O)O)CC1.Cc1cn2c(Nc3ccn[nH]3)nc(-c3ccccn3)cc2n1.FC1CCCC1. The maximum Gasteiger partial charge on any atom is 0.405 e. The van der Waals surface area contributed by atoms with Gasteiger partial charge in [0.1, 0.15) is 17.6 Å². The van der Waals surface area contributed by atoms with Gasteiger partial charge in [-0.2, -0.15) is 5.10 Å². The fourth-order valence-corrected chi connectivity index (χ4v) is 3.74. The van der Waals surface area contributed by atoms with E-state index in [1.807, 2.05) is 54.8 Å². The van der Waals surface area contributed by atoms with Crippen LogP contribution in [0.3, 0.4) is 0 Å². The van der Waals surface area contributed by atoms with E-state index in [9.17, 15) is 9.18 Å². The number of hydrogen-bond acceptors (Lipinski definition) is 6. The third-order valence-corrected chi connectivity index (χ3v) is 5.94. The zero-order valence-corrected chi connectivity index (χ0v) is 20.4. The number of imidazole rings is 1. The Balaban J connectivity index is 0.000000177. The Morgan fingerprint density at radius 3 is 2.47 bits per heavy atom. The van der Waals surface area contributed by atoms with Crippen molar-refractivity contribution in [3.05, 3.63) is 54.6 Å². The molecule has 6 rings (SSSR count). The normalized spacial score (nSPS) is 15.9. The van der Waals surface area contributed by atoms with Crippen molar-refractivity contribution in [1.82, 2.24) is 34.9 Å². The van der Waals surface area contributed by atoms with Crippen LogP contribution in [0, 0.1) is 6.92 Å². The first-order chi connectivity index (χ1) is 17.3. The number of anilines is 2. The molecule has 2 saturated carbocycles. The standard InChI is InChI=1S/C15H13N7.C5H9F.C5H9NO2/c1-10-9-22-14(18-10)8-12(11-4-2-3-6-16-11)19-15(22)20-13-5-7-17-21-13;6-5-3-1-2-4-5;1-5(2-3-5)6-4(7)8/h2-9H,1H3,(H2,17,19,20,21);5H,1-4H2;6H,2-3H2,1H3,(H,7,8). The monoisotopic (exact) mass is 494 g/mol. The number of nitrogens with zero attached hydrogens (tertiary/aromatic N) is 5. The molecule has 0 aromatic carbocycles. The summed E-state index contributed by atoms with van der Waals surface area (Å²) in [6.45, 7) is 3.86. The Bertz CT molecular complexity index is 1270. The molecular formula is C25H31FN8O2. The molecule has 0 aliphatic heterocycles. The van der Waals surface area contributed by atoms with Crippen molar-refractivity contribution in [1.29, 1.82) is 0 Å². The quantitative estimate of drug-likeness (QED) is 0.304. The van der Waals surface area contributed by atoms with Gasteiger partial charge >= 0.3 is 6.09 Å². The summed E-state index contributed by atoms with van der Waals surface area (Å²) < 4.78 is 13.8. The maximum absolute atomic E-state index is 11.9. The molecule has 2 aliphatic carbocycles. The number of rotatable bonds is 4. The zero-order valence-electron chi connectivity index (χ0n) is 20.4. The molecule has 10 nitrogen and oxygen atoms in total. The van der Waals surface area contributed by atoms with Crippen LogP contribution in [0.4, 0.5) is 21.0 Å². The van der Waals surface area contributed by atoms with E-state index in [0.717, 1.165) is 67.1 Å².